The number of rotatable bonds is 3. The highest BCUT2D eigenvalue weighted by atomic mass is 19.1. The Labute approximate surface area is 147 Å². The number of hydrogen-bond acceptors (Lipinski definition) is 3. The predicted molar refractivity (Wildman–Crippen MR) is 96.9 cm³/mol. The minimum absolute atomic E-state index is 0.200. The second kappa shape index (κ2) is 7.42. The first kappa shape index (κ1) is 17.1. The number of nitrogens with one attached hydrogen (secondary N) is 1. The molecule has 1 aliphatic heterocycles. The Morgan fingerprint density at radius 3 is 2.56 bits per heavy atom. The zero-order valence-corrected chi connectivity index (χ0v) is 14.5. The molecule has 0 aromatic heterocycles. The average Bonchev–Trinajstić information content (AvgIpc) is 2.63. The molecular formula is C19H22FN3O2. The predicted octanol–water partition coefficient (Wildman–Crippen LogP) is 3.50. The van der Waals surface area contributed by atoms with Crippen LogP contribution in [0.25, 0.3) is 0 Å². The molecule has 2 aromatic rings. The van der Waals surface area contributed by atoms with Crippen LogP contribution in [-0.4, -0.2) is 44.2 Å². The van der Waals surface area contributed by atoms with E-state index in [1.807, 2.05) is 6.07 Å². The van der Waals surface area contributed by atoms with Crippen LogP contribution in [0, 0.1) is 12.7 Å². The Hall–Kier alpha value is -2.76. The Kier molecular flexibility index (Phi) is 5.07. The lowest BCUT2D eigenvalue weighted by Crippen LogP contribution is -2.50. The van der Waals surface area contributed by atoms with E-state index in [0.717, 1.165) is 13.1 Å². The van der Waals surface area contributed by atoms with Gasteiger partial charge in [0.15, 0.2) is 0 Å². The zero-order chi connectivity index (χ0) is 17.8. The summed E-state index contributed by atoms with van der Waals surface area (Å²) in [6.45, 7) is 4.88. The number of piperazine rings is 1. The fraction of sp³-hybridized carbons (Fsp3) is 0.316. The third kappa shape index (κ3) is 4.02. The summed E-state index contributed by atoms with van der Waals surface area (Å²) in [5.74, 6) is -0.0895. The van der Waals surface area contributed by atoms with Gasteiger partial charge in [0.05, 0.1) is 12.8 Å². The molecule has 0 unspecified atom stereocenters. The van der Waals surface area contributed by atoms with Crippen molar-refractivity contribution in [3.8, 4) is 5.75 Å². The van der Waals surface area contributed by atoms with Crippen molar-refractivity contribution in [1.29, 1.82) is 0 Å². The molecule has 3 rings (SSSR count). The van der Waals surface area contributed by atoms with Gasteiger partial charge in [-0.15, -0.1) is 0 Å². The molecule has 0 spiro atoms. The lowest BCUT2D eigenvalue weighted by Gasteiger charge is -2.36. The summed E-state index contributed by atoms with van der Waals surface area (Å²) in [5.41, 5.74) is 2.87. The maximum absolute atomic E-state index is 13.3. The number of aryl methyl sites for hydroxylation is 1. The number of carbonyl (C=O) groups is 1. The minimum Gasteiger partial charge on any atom is -0.494 e. The number of carbonyl (C=O) groups excluding carboxylic acids is 1. The van der Waals surface area contributed by atoms with E-state index in [1.165, 1.54) is 36.6 Å². The van der Waals surface area contributed by atoms with Crippen LogP contribution in [0.4, 0.5) is 20.6 Å². The Bertz CT molecular complexity index is 758. The third-order valence-corrected chi connectivity index (χ3v) is 4.34. The fourth-order valence-corrected chi connectivity index (χ4v) is 2.95. The van der Waals surface area contributed by atoms with Crippen LogP contribution in [0.2, 0.25) is 0 Å². The largest absolute Gasteiger partial charge is 0.494 e. The van der Waals surface area contributed by atoms with E-state index in [-0.39, 0.29) is 6.03 Å². The fourth-order valence-electron chi connectivity index (χ4n) is 2.95. The lowest BCUT2D eigenvalue weighted by atomic mass is 10.2. The molecule has 1 heterocycles. The molecule has 0 aliphatic carbocycles. The first-order valence-electron chi connectivity index (χ1n) is 8.28. The molecule has 132 valence electrons. The Morgan fingerprint density at radius 1 is 1.12 bits per heavy atom. The van der Waals surface area contributed by atoms with Crippen molar-refractivity contribution >= 4 is 17.4 Å². The molecule has 25 heavy (non-hydrogen) atoms. The van der Waals surface area contributed by atoms with E-state index >= 15 is 0 Å². The second-order valence-electron chi connectivity index (χ2n) is 6.09. The number of nitrogens with zero attached hydrogens (tertiary/aromatic N) is 2. The summed E-state index contributed by atoms with van der Waals surface area (Å²) < 4.78 is 18.4. The molecule has 6 heteroatoms. The van der Waals surface area contributed by atoms with E-state index in [4.69, 9.17) is 4.74 Å². The van der Waals surface area contributed by atoms with Crippen LogP contribution in [0.3, 0.4) is 0 Å². The molecule has 1 aliphatic rings. The highest BCUT2D eigenvalue weighted by Gasteiger charge is 2.22. The van der Waals surface area contributed by atoms with E-state index in [0.29, 0.717) is 24.5 Å². The summed E-state index contributed by atoms with van der Waals surface area (Å²) in [6.07, 6.45) is 0. The van der Waals surface area contributed by atoms with Crippen molar-refractivity contribution in [2.24, 2.45) is 0 Å². The number of amides is 2. The summed E-state index contributed by atoms with van der Waals surface area (Å²) in [5, 5.41) is 2.80. The second-order valence-corrected chi connectivity index (χ2v) is 6.09. The van der Waals surface area contributed by atoms with Gasteiger partial charge in [-0.3, -0.25) is 0 Å². The molecule has 0 radical (unpaired) electrons. The normalized spacial score (nSPS) is 14.4. The number of ether oxygens (including phenoxy) is 1. The molecule has 0 bridgehead atoms. The SMILES string of the molecule is COc1cc(F)ccc1NC(=O)N1CCN(c2cccc(C)c2)CC1. The van der Waals surface area contributed by atoms with Gasteiger partial charge in [-0.05, 0) is 36.8 Å². The lowest BCUT2D eigenvalue weighted by molar-refractivity contribution is 0.208. The van der Waals surface area contributed by atoms with Crippen LogP contribution in [0.15, 0.2) is 42.5 Å². The molecule has 0 saturated carbocycles. The zero-order valence-electron chi connectivity index (χ0n) is 14.5. The number of methoxy groups -OCH3 is 1. The van der Waals surface area contributed by atoms with Crippen LogP contribution in [0.5, 0.6) is 5.75 Å². The quantitative estimate of drug-likeness (QED) is 0.928. The molecule has 0 atom stereocenters. The monoisotopic (exact) mass is 343 g/mol. The van der Waals surface area contributed by atoms with Crippen LogP contribution in [0.1, 0.15) is 5.56 Å². The molecule has 1 saturated heterocycles. The van der Waals surface area contributed by atoms with Crippen molar-refractivity contribution < 1.29 is 13.9 Å². The van der Waals surface area contributed by atoms with Gasteiger partial charge in [-0.1, -0.05) is 12.1 Å². The summed E-state index contributed by atoms with van der Waals surface area (Å²) in [7, 11) is 1.45. The van der Waals surface area contributed by atoms with Gasteiger partial charge < -0.3 is 19.9 Å². The van der Waals surface area contributed by atoms with Crippen LogP contribution in [-0.2, 0) is 0 Å². The summed E-state index contributed by atoms with van der Waals surface area (Å²) in [6, 6.07) is 12.2. The maximum atomic E-state index is 13.3. The smallest absolute Gasteiger partial charge is 0.322 e. The van der Waals surface area contributed by atoms with Crippen LogP contribution < -0.4 is 15.0 Å². The summed E-state index contributed by atoms with van der Waals surface area (Å²) in [4.78, 5) is 16.5. The molecular weight excluding hydrogens is 321 g/mol. The highest BCUT2D eigenvalue weighted by Crippen LogP contribution is 2.25. The van der Waals surface area contributed by atoms with Crippen molar-refractivity contribution in [2.75, 3.05) is 43.5 Å². The highest BCUT2D eigenvalue weighted by molar-refractivity contribution is 5.91. The Morgan fingerprint density at radius 2 is 1.88 bits per heavy atom. The van der Waals surface area contributed by atoms with Gasteiger partial charge in [-0.25, -0.2) is 9.18 Å². The van der Waals surface area contributed by atoms with Gasteiger partial charge in [0.1, 0.15) is 11.6 Å². The van der Waals surface area contributed by atoms with E-state index in [2.05, 4.69) is 35.3 Å². The maximum Gasteiger partial charge on any atom is 0.322 e. The minimum atomic E-state index is -0.401. The van der Waals surface area contributed by atoms with Crippen molar-refractivity contribution in [3.63, 3.8) is 0 Å². The topological polar surface area (TPSA) is 44.8 Å². The standard InChI is InChI=1S/C19H22FN3O2/c1-14-4-3-5-16(12-14)22-8-10-23(11-9-22)19(24)21-17-7-6-15(20)13-18(17)25-2/h3-7,12-13H,8-11H2,1-2H3,(H,21,24). The number of benzene rings is 2. The van der Waals surface area contributed by atoms with E-state index in [9.17, 15) is 9.18 Å². The number of hydrogen-bond donors (Lipinski definition) is 1. The van der Waals surface area contributed by atoms with Gasteiger partial charge in [0, 0.05) is 37.9 Å². The number of anilines is 2. The first-order chi connectivity index (χ1) is 12.1. The number of halogens is 1. The Balaban J connectivity index is 1.60. The van der Waals surface area contributed by atoms with E-state index in [1.54, 1.807) is 4.90 Å². The van der Waals surface area contributed by atoms with Gasteiger partial charge in [0.2, 0.25) is 0 Å². The van der Waals surface area contributed by atoms with Gasteiger partial charge in [-0.2, -0.15) is 0 Å². The van der Waals surface area contributed by atoms with E-state index < -0.39 is 5.82 Å². The average molecular weight is 343 g/mol. The molecule has 1 N–H and O–H groups in total. The summed E-state index contributed by atoms with van der Waals surface area (Å²) >= 11 is 0. The third-order valence-electron chi connectivity index (χ3n) is 4.34. The van der Waals surface area contributed by atoms with Crippen LogP contribution >= 0.6 is 0 Å². The number of urea groups is 1. The molecule has 1 fully saturated rings. The van der Waals surface area contributed by atoms with Crippen molar-refractivity contribution in [3.05, 3.63) is 53.8 Å². The molecule has 5 nitrogen and oxygen atoms in total. The molecule has 2 amide bonds. The van der Waals surface area contributed by atoms with Crippen molar-refractivity contribution in [1.82, 2.24) is 4.90 Å². The van der Waals surface area contributed by atoms with Gasteiger partial charge in [0.25, 0.3) is 0 Å². The first-order valence-corrected chi connectivity index (χ1v) is 8.28. The van der Waals surface area contributed by atoms with Gasteiger partial charge >= 0.3 is 6.03 Å². The molecule has 2 aromatic carbocycles. The van der Waals surface area contributed by atoms with Crippen molar-refractivity contribution in [2.45, 2.75) is 6.92 Å².